The summed E-state index contributed by atoms with van der Waals surface area (Å²) in [7, 11) is 0. The van der Waals surface area contributed by atoms with Gasteiger partial charge in [0.2, 0.25) is 0 Å². The van der Waals surface area contributed by atoms with E-state index in [0.717, 1.165) is 57.8 Å². The Kier molecular flexibility index (Phi) is 60.6. The first-order chi connectivity index (χ1) is 36.0. The Hall–Kier alpha value is -2.11. The van der Waals surface area contributed by atoms with Crippen LogP contribution in [0.4, 0.5) is 0 Å². The summed E-state index contributed by atoms with van der Waals surface area (Å²) in [5, 5.41) is 0. The standard InChI is InChI=1S/C67H126O6/c1-4-7-10-13-16-19-21-23-25-27-29-31-32-33-34-36-37-39-41-43-45-48-51-54-57-60-66(69)72-63-64(62-71-65(68)59-56-53-50-47-18-15-12-9-6-3)73-67(70)61-58-55-52-49-46-44-42-40-38-35-30-28-26-24-22-20-17-14-11-8-5-2/h27-30,64H,4-26,31-63H2,1-3H3/b29-27-,30-28-. The third kappa shape index (κ3) is 60.6. The van der Waals surface area contributed by atoms with Gasteiger partial charge in [0, 0.05) is 19.3 Å². The van der Waals surface area contributed by atoms with Gasteiger partial charge >= 0.3 is 17.9 Å². The summed E-state index contributed by atoms with van der Waals surface area (Å²) in [6, 6.07) is 0. The summed E-state index contributed by atoms with van der Waals surface area (Å²) in [5.41, 5.74) is 0. The van der Waals surface area contributed by atoms with Crippen molar-refractivity contribution in [1.29, 1.82) is 0 Å². The molecule has 0 saturated carbocycles. The second-order valence-corrected chi connectivity index (χ2v) is 22.4. The minimum atomic E-state index is -0.768. The molecule has 0 aliphatic heterocycles. The summed E-state index contributed by atoms with van der Waals surface area (Å²) >= 11 is 0. The van der Waals surface area contributed by atoms with Gasteiger partial charge in [0.05, 0.1) is 0 Å². The van der Waals surface area contributed by atoms with Gasteiger partial charge in [0.25, 0.3) is 0 Å². The van der Waals surface area contributed by atoms with E-state index < -0.39 is 6.10 Å². The van der Waals surface area contributed by atoms with Crippen LogP contribution in [-0.2, 0) is 28.6 Å². The van der Waals surface area contributed by atoms with Crippen LogP contribution in [0.25, 0.3) is 0 Å². The molecule has 6 nitrogen and oxygen atoms in total. The van der Waals surface area contributed by atoms with Crippen molar-refractivity contribution in [2.24, 2.45) is 0 Å². The van der Waals surface area contributed by atoms with E-state index in [0.29, 0.717) is 19.3 Å². The Balaban J connectivity index is 4.15. The van der Waals surface area contributed by atoms with Gasteiger partial charge in [-0.3, -0.25) is 14.4 Å². The van der Waals surface area contributed by atoms with E-state index in [1.54, 1.807) is 0 Å². The van der Waals surface area contributed by atoms with Gasteiger partial charge in [-0.2, -0.15) is 0 Å². The van der Waals surface area contributed by atoms with Crippen LogP contribution in [0.5, 0.6) is 0 Å². The average molecular weight is 1030 g/mol. The average Bonchev–Trinajstić information content (AvgIpc) is 3.39. The zero-order valence-electron chi connectivity index (χ0n) is 49.4. The fourth-order valence-electron chi connectivity index (χ4n) is 9.97. The van der Waals surface area contributed by atoms with Crippen LogP contribution >= 0.6 is 0 Å². The molecule has 0 spiro atoms. The van der Waals surface area contributed by atoms with Gasteiger partial charge < -0.3 is 14.2 Å². The molecule has 0 bridgehead atoms. The second kappa shape index (κ2) is 62.4. The van der Waals surface area contributed by atoms with Crippen molar-refractivity contribution in [3.63, 3.8) is 0 Å². The molecule has 0 aromatic rings. The summed E-state index contributed by atoms with van der Waals surface area (Å²) in [5.74, 6) is -0.847. The molecule has 0 N–H and O–H groups in total. The summed E-state index contributed by atoms with van der Waals surface area (Å²) in [6.07, 6.45) is 74.9. The largest absolute Gasteiger partial charge is 0.462 e. The third-order valence-corrected chi connectivity index (χ3v) is 14.9. The molecule has 430 valence electrons. The topological polar surface area (TPSA) is 78.9 Å². The van der Waals surface area contributed by atoms with Gasteiger partial charge in [0.15, 0.2) is 6.10 Å². The monoisotopic (exact) mass is 1030 g/mol. The van der Waals surface area contributed by atoms with Crippen LogP contribution in [0.2, 0.25) is 0 Å². The van der Waals surface area contributed by atoms with Crippen molar-refractivity contribution in [3.05, 3.63) is 24.3 Å². The van der Waals surface area contributed by atoms with Crippen LogP contribution in [0, 0.1) is 0 Å². The van der Waals surface area contributed by atoms with Gasteiger partial charge in [-0.15, -0.1) is 0 Å². The molecule has 6 heteroatoms. The fourth-order valence-corrected chi connectivity index (χ4v) is 9.97. The molecule has 0 aliphatic rings. The van der Waals surface area contributed by atoms with E-state index in [1.165, 1.54) is 270 Å². The van der Waals surface area contributed by atoms with Crippen LogP contribution < -0.4 is 0 Å². The quantitative estimate of drug-likeness (QED) is 0.0261. The predicted octanol–water partition coefficient (Wildman–Crippen LogP) is 22.2. The Morgan fingerprint density at radius 1 is 0.260 bits per heavy atom. The molecule has 1 atom stereocenters. The Bertz CT molecular complexity index is 1180. The molecule has 0 aromatic heterocycles. The van der Waals surface area contributed by atoms with Crippen molar-refractivity contribution in [3.8, 4) is 0 Å². The highest BCUT2D eigenvalue weighted by atomic mass is 16.6. The van der Waals surface area contributed by atoms with Gasteiger partial charge in [-0.1, -0.05) is 302 Å². The van der Waals surface area contributed by atoms with E-state index in [2.05, 4.69) is 45.1 Å². The smallest absolute Gasteiger partial charge is 0.306 e. The van der Waals surface area contributed by atoms with E-state index in [9.17, 15) is 14.4 Å². The molecule has 0 radical (unpaired) electrons. The van der Waals surface area contributed by atoms with Crippen LogP contribution in [0.3, 0.4) is 0 Å². The summed E-state index contributed by atoms with van der Waals surface area (Å²) in [6.45, 7) is 6.68. The van der Waals surface area contributed by atoms with Crippen LogP contribution in [-0.4, -0.2) is 37.2 Å². The molecular weight excluding hydrogens is 901 g/mol. The van der Waals surface area contributed by atoms with E-state index in [-0.39, 0.29) is 31.1 Å². The maximum Gasteiger partial charge on any atom is 0.306 e. The lowest BCUT2D eigenvalue weighted by Crippen LogP contribution is -2.30. The lowest BCUT2D eigenvalue weighted by atomic mass is 10.0. The third-order valence-electron chi connectivity index (χ3n) is 14.9. The predicted molar refractivity (Wildman–Crippen MR) is 316 cm³/mol. The number of allylic oxidation sites excluding steroid dienone is 4. The number of carbonyl (C=O) groups excluding carboxylic acids is 3. The number of ether oxygens (including phenoxy) is 3. The van der Waals surface area contributed by atoms with E-state index in [4.69, 9.17) is 14.2 Å². The molecule has 0 fully saturated rings. The van der Waals surface area contributed by atoms with Crippen molar-refractivity contribution in [2.45, 2.75) is 374 Å². The minimum Gasteiger partial charge on any atom is -0.462 e. The number of unbranched alkanes of at least 4 members (excludes halogenated alkanes) is 46. The molecule has 73 heavy (non-hydrogen) atoms. The number of carbonyl (C=O) groups is 3. The number of hydrogen-bond acceptors (Lipinski definition) is 6. The lowest BCUT2D eigenvalue weighted by Gasteiger charge is -2.18. The number of hydrogen-bond donors (Lipinski definition) is 0. The molecule has 0 aliphatic carbocycles. The van der Waals surface area contributed by atoms with Crippen molar-refractivity contribution < 1.29 is 28.6 Å². The van der Waals surface area contributed by atoms with Crippen molar-refractivity contribution in [2.75, 3.05) is 13.2 Å². The normalized spacial score (nSPS) is 12.1. The molecular formula is C67H126O6. The highest BCUT2D eigenvalue weighted by molar-refractivity contribution is 5.71. The first kappa shape index (κ1) is 70.9. The van der Waals surface area contributed by atoms with Crippen molar-refractivity contribution >= 4 is 17.9 Å². The Morgan fingerprint density at radius 2 is 0.452 bits per heavy atom. The number of esters is 3. The lowest BCUT2D eigenvalue weighted by molar-refractivity contribution is -0.167. The molecule has 0 saturated heterocycles. The SMILES string of the molecule is CCCCCCCCCC/C=C\CCCCCCCCCCCCCCCC(=O)OCC(COC(=O)CCCCCCCCCCC)OC(=O)CCCCCCCCCCC/C=C\CCCCCCCCCC. The Morgan fingerprint density at radius 3 is 0.685 bits per heavy atom. The Labute approximate surface area is 455 Å². The molecule has 0 aromatic carbocycles. The maximum atomic E-state index is 12.9. The first-order valence-corrected chi connectivity index (χ1v) is 32.8. The van der Waals surface area contributed by atoms with Crippen LogP contribution in [0.1, 0.15) is 367 Å². The molecule has 0 rings (SSSR count). The molecule has 1 unspecified atom stereocenters. The second-order valence-electron chi connectivity index (χ2n) is 22.4. The van der Waals surface area contributed by atoms with Gasteiger partial charge in [-0.25, -0.2) is 0 Å². The van der Waals surface area contributed by atoms with E-state index >= 15 is 0 Å². The summed E-state index contributed by atoms with van der Waals surface area (Å²) in [4.78, 5) is 38.2. The fraction of sp³-hybridized carbons (Fsp3) is 0.896. The maximum absolute atomic E-state index is 12.9. The summed E-state index contributed by atoms with van der Waals surface area (Å²) < 4.78 is 16.9. The number of rotatable bonds is 61. The highest BCUT2D eigenvalue weighted by Gasteiger charge is 2.19. The zero-order chi connectivity index (χ0) is 52.9. The van der Waals surface area contributed by atoms with Crippen molar-refractivity contribution in [1.82, 2.24) is 0 Å². The molecule has 0 amide bonds. The highest BCUT2D eigenvalue weighted by Crippen LogP contribution is 2.18. The van der Waals surface area contributed by atoms with Gasteiger partial charge in [0.1, 0.15) is 13.2 Å². The minimum absolute atomic E-state index is 0.0672. The first-order valence-electron chi connectivity index (χ1n) is 32.8. The van der Waals surface area contributed by atoms with Gasteiger partial charge in [-0.05, 0) is 70.6 Å². The molecule has 0 heterocycles. The zero-order valence-corrected chi connectivity index (χ0v) is 49.4. The van der Waals surface area contributed by atoms with E-state index in [1.807, 2.05) is 0 Å². The van der Waals surface area contributed by atoms with Crippen LogP contribution in [0.15, 0.2) is 24.3 Å².